The molecule has 0 spiro atoms. The Morgan fingerprint density at radius 3 is 2.89 bits per heavy atom. The fourth-order valence-electron chi connectivity index (χ4n) is 3.08. The summed E-state index contributed by atoms with van der Waals surface area (Å²) in [6, 6.07) is 7.17. The third-order valence-electron chi connectivity index (χ3n) is 4.47. The molecule has 1 saturated heterocycles. The number of benzene rings is 1. The lowest BCUT2D eigenvalue weighted by molar-refractivity contribution is -0.123. The number of carbonyl (C=O) groups is 2. The highest BCUT2D eigenvalue weighted by Gasteiger charge is 2.26. The van der Waals surface area contributed by atoms with Crippen LogP contribution in [0, 0.1) is 5.92 Å². The average Bonchev–Trinajstić information content (AvgIpc) is 3.25. The van der Waals surface area contributed by atoms with Crippen LogP contribution in [0.25, 0.3) is 0 Å². The lowest BCUT2D eigenvalue weighted by atomic mass is 9.98. The normalized spacial score (nSPS) is 16.6. The Labute approximate surface area is 157 Å². The summed E-state index contributed by atoms with van der Waals surface area (Å²) in [6.07, 6.45) is 4.51. The molecule has 1 aromatic heterocycles. The topological polar surface area (TPSA) is 93.9 Å². The number of nitrogens with zero attached hydrogens (tertiary/aromatic N) is 2. The summed E-state index contributed by atoms with van der Waals surface area (Å²) in [4.78, 5) is 29.9. The van der Waals surface area contributed by atoms with Gasteiger partial charge in [0.05, 0.1) is 13.3 Å². The van der Waals surface area contributed by atoms with E-state index in [2.05, 4.69) is 10.3 Å². The fourth-order valence-corrected chi connectivity index (χ4v) is 3.08. The quantitative estimate of drug-likeness (QED) is 0.794. The second kappa shape index (κ2) is 9.07. The molecule has 0 unspecified atom stereocenters. The molecule has 8 nitrogen and oxygen atoms in total. The van der Waals surface area contributed by atoms with Gasteiger partial charge in [-0.15, -0.1) is 0 Å². The monoisotopic (exact) mass is 373 g/mol. The van der Waals surface area contributed by atoms with Crippen LogP contribution in [0.4, 0.5) is 0 Å². The molecule has 1 aromatic carbocycles. The van der Waals surface area contributed by atoms with Gasteiger partial charge in [-0.1, -0.05) is 12.1 Å². The van der Waals surface area contributed by atoms with Gasteiger partial charge >= 0.3 is 0 Å². The number of hydrogen-bond acceptors (Lipinski definition) is 6. The molecule has 0 radical (unpaired) electrons. The van der Waals surface area contributed by atoms with E-state index in [1.807, 2.05) is 12.1 Å². The van der Waals surface area contributed by atoms with Crippen molar-refractivity contribution in [2.45, 2.75) is 12.8 Å². The van der Waals surface area contributed by atoms with E-state index < -0.39 is 0 Å². The van der Waals surface area contributed by atoms with Crippen molar-refractivity contribution in [3.63, 3.8) is 0 Å². The van der Waals surface area contributed by atoms with Gasteiger partial charge in [-0.2, -0.15) is 0 Å². The van der Waals surface area contributed by atoms with E-state index in [4.69, 9.17) is 13.9 Å². The first-order chi connectivity index (χ1) is 13.2. The molecule has 1 atom stereocenters. The van der Waals surface area contributed by atoms with Crippen molar-refractivity contribution in [3.05, 3.63) is 42.6 Å². The van der Waals surface area contributed by atoms with Crippen molar-refractivity contribution in [1.82, 2.24) is 15.2 Å². The van der Waals surface area contributed by atoms with Gasteiger partial charge in [0.15, 0.2) is 24.5 Å². The number of rotatable bonds is 7. The Balaban J connectivity index is 1.44. The van der Waals surface area contributed by atoms with Crippen LogP contribution in [-0.2, 0) is 4.79 Å². The van der Waals surface area contributed by atoms with Crippen molar-refractivity contribution in [1.29, 1.82) is 0 Å². The number of methoxy groups -OCH3 is 1. The van der Waals surface area contributed by atoms with Crippen molar-refractivity contribution in [2.75, 3.05) is 33.4 Å². The number of para-hydroxylation sites is 2. The maximum atomic E-state index is 12.3. The number of nitrogens with one attached hydrogen (secondary N) is 1. The van der Waals surface area contributed by atoms with Crippen LogP contribution >= 0.6 is 0 Å². The zero-order valence-electron chi connectivity index (χ0n) is 15.2. The van der Waals surface area contributed by atoms with Gasteiger partial charge < -0.3 is 24.1 Å². The minimum Gasteiger partial charge on any atom is -0.493 e. The van der Waals surface area contributed by atoms with Gasteiger partial charge in [0.1, 0.15) is 0 Å². The minimum atomic E-state index is -0.209. The number of amides is 2. The lowest BCUT2D eigenvalue weighted by Crippen LogP contribution is -2.44. The van der Waals surface area contributed by atoms with E-state index in [1.54, 1.807) is 24.1 Å². The molecule has 2 aromatic rings. The van der Waals surface area contributed by atoms with Crippen molar-refractivity contribution >= 4 is 11.8 Å². The predicted molar refractivity (Wildman–Crippen MR) is 96.6 cm³/mol. The van der Waals surface area contributed by atoms with E-state index in [-0.39, 0.29) is 30.1 Å². The molecule has 2 heterocycles. The van der Waals surface area contributed by atoms with Gasteiger partial charge in [0, 0.05) is 19.6 Å². The van der Waals surface area contributed by atoms with Crippen molar-refractivity contribution < 1.29 is 23.5 Å². The van der Waals surface area contributed by atoms with Crippen LogP contribution in [0.1, 0.15) is 23.4 Å². The molecule has 0 bridgehead atoms. The first-order valence-corrected chi connectivity index (χ1v) is 8.87. The predicted octanol–water partition coefficient (Wildman–Crippen LogP) is 1.73. The standard InChI is InChI=1S/C19H23N3O5/c1-25-15-6-2-3-7-16(15)26-12-18(23)21-9-14-5-4-8-22(11-14)19(24)17-10-20-13-27-17/h2-3,6-7,10,13-14H,4-5,8-9,11-12H2,1H3,(H,21,23)/t14-/m0/s1. The van der Waals surface area contributed by atoms with Gasteiger partial charge in [-0.05, 0) is 30.9 Å². The largest absolute Gasteiger partial charge is 0.493 e. The molecule has 1 N–H and O–H groups in total. The molecule has 2 amide bonds. The van der Waals surface area contributed by atoms with Crippen LogP contribution < -0.4 is 14.8 Å². The summed E-state index contributed by atoms with van der Waals surface area (Å²) in [5, 5.41) is 2.88. The highest BCUT2D eigenvalue weighted by Crippen LogP contribution is 2.25. The zero-order chi connectivity index (χ0) is 19.1. The molecule has 0 saturated carbocycles. The molecule has 144 valence electrons. The summed E-state index contributed by atoms with van der Waals surface area (Å²) in [5.41, 5.74) is 0. The van der Waals surface area contributed by atoms with Crippen LogP contribution in [0.5, 0.6) is 11.5 Å². The Morgan fingerprint density at radius 2 is 2.15 bits per heavy atom. The van der Waals surface area contributed by atoms with Gasteiger partial charge in [-0.3, -0.25) is 9.59 Å². The second-order valence-corrected chi connectivity index (χ2v) is 6.37. The second-order valence-electron chi connectivity index (χ2n) is 6.37. The Bertz CT molecular complexity index is 762. The molecular formula is C19H23N3O5. The van der Waals surface area contributed by atoms with E-state index >= 15 is 0 Å². The Morgan fingerprint density at radius 1 is 1.33 bits per heavy atom. The Hall–Kier alpha value is -3.03. The molecule has 8 heteroatoms. The first-order valence-electron chi connectivity index (χ1n) is 8.87. The van der Waals surface area contributed by atoms with Crippen LogP contribution in [-0.4, -0.2) is 55.0 Å². The summed E-state index contributed by atoms with van der Waals surface area (Å²) in [6.45, 7) is 1.66. The summed E-state index contributed by atoms with van der Waals surface area (Å²) >= 11 is 0. The van der Waals surface area contributed by atoms with Crippen LogP contribution in [0.2, 0.25) is 0 Å². The number of aromatic nitrogens is 1. The third kappa shape index (κ3) is 4.99. The van der Waals surface area contributed by atoms with E-state index in [0.29, 0.717) is 31.1 Å². The summed E-state index contributed by atoms with van der Waals surface area (Å²) in [7, 11) is 1.55. The maximum absolute atomic E-state index is 12.3. The molecule has 1 aliphatic rings. The number of likely N-dealkylation sites (tertiary alicyclic amines) is 1. The van der Waals surface area contributed by atoms with E-state index in [1.165, 1.54) is 12.6 Å². The number of piperidine rings is 1. The molecular weight excluding hydrogens is 350 g/mol. The van der Waals surface area contributed by atoms with Crippen molar-refractivity contribution in [2.24, 2.45) is 5.92 Å². The number of hydrogen-bond donors (Lipinski definition) is 1. The first kappa shape index (κ1) is 18.8. The number of ether oxygens (including phenoxy) is 2. The SMILES string of the molecule is COc1ccccc1OCC(=O)NC[C@@H]1CCCN(C(=O)c2cnco2)C1. The smallest absolute Gasteiger partial charge is 0.291 e. The fraction of sp³-hybridized carbons (Fsp3) is 0.421. The molecule has 1 aliphatic heterocycles. The minimum absolute atomic E-state index is 0.0895. The van der Waals surface area contributed by atoms with Gasteiger partial charge in [0.25, 0.3) is 11.8 Å². The average molecular weight is 373 g/mol. The van der Waals surface area contributed by atoms with Crippen molar-refractivity contribution in [3.8, 4) is 11.5 Å². The zero-order valence-corrected chi connectivity index (χ0v) is 15.2. The molecule has 27 heavy (non-hydrogen) atoms. The third-order valence-corrected chi connectivity index (χ3v) is 4.47. The molecule has 0 aliphatic carbocycles. The lowest BCUT2D eigenvalue weighted by Gasteiger charge is -2.32. The van der Waals surface area contributed by atoms with E-state index in [0.717, 1.165) is 12.8 Å². The highest BCUT2D eigenvalue weighted by molar-refractivity contribution is 5.91. The molecule has 1 fully saturated rings. The number of oxazole rings is 1. The van der Waals surface area contributed by atoms with E-state index in [9.17, 15) is 9.59 Å². The maximum Gasteiger partial charge on any atom is 0.291 e. The van der Waals surface area contributed by atoms with Gasteiger partial charge in [-0.25, -0.2) is 4.98 Å². The summed E-state index contributed by atoms with van der Waals surface area (Å²) in [5.74, 6) is 1.17. The molecule has 3 rings (SSSR count). The van der Waals surface area contributed by atoms with Crippen LogP contribution in [0.15, 0.2) is 41.3 Å². The number of carbonyl (C=O) groups excluding carboxylic acids is 2. The Kier molecular flexibility index (Phi) is 6.30. The highest BCUT2D eigenvalue weighted by atomic mass is 16.5. The summed E-state index contributed by atoms with van der Waals surface area (Å²) < 4.78 is 15.8. The van der Waals surface area contributed by atoms with Crippen LogP contribution in [0.3, 0.4) is 0 Å². The van der Waals surface area contributed by atoms with Gasteiger partial charge in [0.2, 0.25) is 5.76 Å².